The maximum Gasteiger partial charge on any atom is 0.338 e. The van der Waals surface area contributed by atoms with Gasteiger partial charge in [-0.15, -0.1) is 24.8 Å². The molecule has 1 heterocycles. The monoisotopic (exact) mass is 940 g/mol. The Balaban J connectivity index is 1.37. The summed E-state index contributed by atoms with van der Waals surface area (Å²) in [6, 6.07) is 10.4. The van der Waals surface area contributed by atoms with E-state index in [0.29, 0.717) is 6.07 Å². The van der Waals surface area contributed by atoms with Crippen LogP contribution in [-0.4, -0.2) is 73.2 Å². The molecule has 1 amide bonds. The van der Waals surface area contributed by atoms with Crippen molar-refractivity contribution in [3.8, 4) is 23.1 Å². The van der Waals surface area contributed by atoms with Gasteiger partial charge in [-0.05, 0) is 79.2 Å². The van der Waals surface area contributed by atoms with Crippen LogP contribution < -0.4 is 11.3 Å². The number of phenols is 3. The highest BCUT2D eigenvalue weighted by Gasteiger charge is 2.25. The maximum absolute atomic E-state index is 12.6. The van der Waals surface area contributed by atoms with E-state index in [2.05, 4.69) is 40.1 Å². The summed E-state index contributed by atoms with van der Waals surface area (Å²) in [6.07, 6.45) is 0. The zero-order valence-corrected chi connectivity index (χ0v) is 34.6. The minimum Gasteiger partial charge on any atom is -0.507 e. The molecule has 28 heteroatoms. The van der Waals surface area contributed by atoms with Gasteiger partial charge in [-0.2, -0.15) is 27.1 Å². The molecule has 0 atom stereocenters. The molecule has 0 aliphatic heterocycles. The number of carbonyl (C=O) groups excluding carboxylic acids is 1. The molecule has 0 saturated carbocycles. The molecule has 332 valence electrons. The summed E-state index contributed by atoms with van der Waals surface area (Å²) < 4.78 is 73.3. The second kappa shape index (κ2) is 17.7. The Bertz CT molecular complexity index is 3360. The summed E-state index contributed by atoms with van der Waals surface area (Å²) in [6.45, 7) is 2.79. The Morgan fingerprint density at radius 3 is 2.03 bits per heavy atom. The summed E-state index contributed by atoms with van der Waals surface area (Å²) in [5.41, 5.74) is 1.21. The number of hydrogen-bond donors (Lipinski definition) is 9. The number of carbonyl (C=O) groups is 2. The number of carboxylic acid groups (broad SMARTS) is 1. The number of aromatic hydroxyl groups is 4. The van der Waals surface area contributed by atoms with Gasteiger partial charge in [0.15, 0.2) is 11.5 Å². The molecule has 0 saturated heterocycles. The van der Waals surface area contributed by atoms with Gasteiger partial charge in [0.1, 0.15) is 39.0 Å². The number of fused-ring (bicyclic) bond motifs is 2. The Hall–Kier alpha value is -7.44. The number of nitrogens with two attached hydrogens (primary N) is 1. The van der Waals surface area contributed by atoms with Crippen molar-refractivity contribution < 1.29 is 75.7 Å². The number of primary amides is 1. The number of azo groups is 3. The van der Waals surface area contributed by atoms with E-state index in [4.69, 9.17) is 11.0 Å². The molecule has 10 N–H and O–H groups in total. The van der Waals surface area contributed by atoms with Crippen molar-refractivity contribution in [1.29, 1.82) is 0 Å². The zero-order chi connectivity index (χ0) is 47.0. The average Bonchev–Trinajstić information content (AvgIpc) is 3.21. The molecule has 25 nitrogen and oxygen atoms in total. The normalized spacial score (nSPS) is 12.4. The van der Waals surface area contributed by atoms with Crippen LogP contribution in [0.1, 0.15) is 33.2 Å². The van der Waals surface area contributed by atoms with Crippen molar-refractivity contribution in [2.45, 2.75) is 35.1 Å². The quantitative estimate of drug-likeness (QED) is 0.0170. The van der Waals surface area contributed by atoms with Gasteiger partial charge in [0.25, 0.3) is 31.7 Å². The molecule has 6 aromatic rings. The molecule has 6 rings (SSSR count). The van der Waals surface area contributed by atoms with Crippen LogP contribution in [0.2, 0.25) is 0 Å². The van der Waals surface area contributed by atoms with Gasteiger partial charge in [-0.3, -0.25) is 23.3 Å². The van der Waals surface area contributed by atoms with Gasteiger partial charge < -0.3 is 31.3 Å². The van der Waals surface area contributed by atoms with Crippen molar-refractivity contribution in [3.63, 3.8) is 0 Å². The third-order valence-electron chi connectivity index (χ3n) is 9.09. The van der Waals surface area contributed by atoms with E-state index in [1.165, 1.54) is 32.0 Å². The number of pyridine rings is 1. The number of benzene rings is 5. The molecule has 64 heavy (non-hydrogen) atoms. The number of phenolic OH excluding ortho intramolecular Hbond substituents is 3. The fourth-order valence-electron chi connectivity index (χ4n) is 6.17. The SMILES string of the molecule is CCn1c(O)c(/N=N/c2ccc3c(O)c(/N=N/c4ccc(/N=N/c5c(SOOO)cc6cc(S(=O)(=O)O)cc(O)c6c5O)c(C(=O)O)c4)c(S(=O)(=O)O)cc3c2)c(C)c(C(N)=O)c1=O. The summed E-state index contributed by atoms with van der Waals surface area (Å²) in [5, 5.41) is 88.3. The van der Waals surface area contributed by atoms with E-state index in [0.717, 1.165) is 41.0 Å². The Kier molecular flexibility index (Phi) is 12.8. The minimum atomic E-state index is -5.16. The topological polar surface area (TPSA) is 405 Å². The molecule has 0 unspecified atom stereocenters. The average molecular weight is 941 g/mol. The molecular formula is C36H28N8O17S3. The predicted molar refractivity (Wildman–Crippen MR) is 220 cm³/mol. The van der Waals surface area contributed by atoms with Crippen LogP contribution in [0.4, 0.5) is 34.1 Å². The zero-order valence-electron chi connectivity index (χ0n) is 32.2. The van der Waals surface area contributed by atoms with Crippen LogP contribution in [0, 0.1) is 6.92 Å². The molecule has 0 aliphatic carbocycles. The third-order valence-corrected chi connectivity index (χ3v) is 11.4. The summed E-state index contributed by atoms with van der Waals surface area (Å²) in [7, 11) is -9.99. The Morgan fingerprint density at radius 1 is 0.781 bits per heavy atom. The maximum atomic E-state index is 12.6. The molecule has 0 radical (unpaired) electrons. The first-order valence-corrected chi connectivity index (χ1v) is 21.0. The van der Waals surface area contributed by atoms with E-state index in [1.54, 1.807) is 0 Å². The van der Waals surface area contributed by atoms with Gasteiger partial charge in [0.05, 0.1) is 44.2 Å². The number of hydrogen-bond acceptors (Lipinski definition) is 21. The first kappa shape index (κ1) is 46.1. The summed E-state index contributed by atoms with van der Waals surface area (Å²) >= 11 is 0.214. The van der Waals surface area contributed by atoms with E-state index >= 15 is 0 Å². The fourth-order valence-corrected chi connectivity index (χ4v) is 7.86. The van der Waals surface area contributed by atoms with Crippen LogP contribution in [0.15, 0.2) is 111 Å². The largest absolute Gasteiger partial charge is 0.507 e. The highest BCUT2D eigenvalue weighted by atomic mass is 32.2. The molecule has 0 fully saturated rings. The van der Waals surface area contributed by atoms with Gasteiger partial charge in [-0.25, -0.2) is 10.1 Å². The fraction of sp³-hybridized carbons (Fsp3) is 0.0833. The Morgan fingerprint density at radius 2 is 1.42 bits per heavy atom. The lowest BCUT2D eigenvalue weighted by Gasteiger charge is -2.12. The third kappa shape index (κ3) is 9.04. The van der Waals surface area contributed by atoms with Crippen LogP contribution in [-0.2, 0) is 36.2 Å². The number of amides is 1. The highest BCUT2D eigenvalue weighted by Crippen LogP contribution is 2.48. The first-order chi connectivity index (χ1) is 30.1. The lowest BCUT2D eigenvalue weighted by molar-refractivity contribution is -0.432. The molecular weight excluding hydrogens is 913 g/mol. The predicted octanol–water partition coefficient (Wildman–Crippen LogP) is 7.27. The van der Waals surface area contributed by atoms with Crippen LogP contribution >= 0.6 is 12.0 Å². The number of rotatable bonds is 14. The van der Waals surface area contributed by atoms with Crippen LogP contribution in [0.3, 0.4) is 0 Å². The second-order valence-electron chi connectivity index (χ2n) is 13.0. The minimum absolute atomic E-state index is 0.000375. The van der Waals surface area contributed by atoms with E-state index in [9.17, 15) is 65.9 Å². The van der Waals surface area contributed by atoms with Crippen LogP contribution in [0.25, 0.3) is 21.5 Å². The first-order valence-electron chi connectivity index (χ1n) is 17.4. The lowest BCUT2D eigenvalue weighted by Crippen LogP contribution is -2.30. The van der Waals surface area contributed by atoms with Crippen molar-refractivity contribution in [2.24, 2.45) is 36.4 Å². The molecule has 0 bridgehead atoms. The van der Waals surface area contributed by atoms with Gasteiger partial charge in [0, 0.05) is 23.6 Å². The number of aromatic carboxylic acids is 1. The van der Waals surface area contributed by atoms with Gasteiger partial charge >= 0.3 is 5.97 Å². The lowest BCUT2D eigenvalue weighted by atomic mass is 10.1. The van der Waals surface area contributed by atoms with Gasteiger partial charge in [-0.1, -0.05) is 5.04 Å². The van der Waals surface area contributed by atoms with Crippen molar-refractivity contribution >= 4 is 99.8 Å². The number of aromatic nitrogens is 1. The molecule has 0 aliphatic rings. The summed E-state index contributed by atoms with van der Waals surface area (Å²) in [5.74, 6) is -5.77. The molecule has 1 aromatic heterocycles. The number of carboxylic acids is 1. The standard InChI is InChI=1S/C36H28N8O17S3/c1-3-44-34(49)26(33(37)48)14(2)28(35(44)50)41-38-17-4-6-20-15(8-17)11-25(64(57,58)59)30(31(20)46)43-39-18-5-7-22(21(12-18)36(51)52)40-42-29-24(62-61-60-53)10-16-9-19(63(54,55)56)13-23(45)27(16)32(29)47/h4-13,45-47,50,53H,3H2,1-2H3,(H2,37,48)(H,51,52)(H,54,55,56)(H,57,58,59)/b41-38+,42-40+,43-39+. The van der Waals surface area contributed by atoms with Crippen molar-refractivity contribution in [1.82, 2.24) is 4.57 Å². The highest BCUT2D eigenvalue weighted by molar-refractivity contribution is 7.94. The van der Waals surface area contributed by atoms with E-state index < -0.39 is 98.8 Å². The smallest absolute Gasteiger partial charge is 0.338 e. The Labute approximate surface area is 361 Å². The van der Waals surface area contributed by atoms with Crippen molar-refractivity contribution in [2.75, 3.05) is 0 Å². The van der Waals surface area contributed by atoms with Gasteiger partial charge in [0.2, 0.25) is 5.88 Å². The molecule has 5 aromatic carbocycles. The van der Waals surface area contributed by atoms with Crippen molar-refractivity contribution in [3.05, 3.63) is 87.7 Å². The van der Waals surface area contributed by atoms with E-state index in [-0.39, 0.29) is 67.7 Å². The second-order valence-corrected chi connectivity index (χ2v) is 16.5. The summed E-state index contributed by atoms with van der Waals surface area (Å²) in [4.78, 5) is 35.0. The number of nitrogens with zero attached hydrogens (tertiary/aromatic N) is 7. The molecule has 0 spiro atoms. The van der Waals surface area contributed by atoms with Crippen LogP contribution in [0.5, 0.6) is 23.1 Å². The van der Waals surface area contributed by atoms with E-state index in [1.807, 2.05) is 0 Å².